The first-order valence-corrected chi connectivity index (χ1v) is 2.84. The van der Waals surface area contributed by atoms with Crippen molar-refractivity contribution in [3.8, 4) is 0 Å². The van der Waals surface area contributed by atoms with Crippen LogP contribution in [0.3, 0.4) is 0 Å². The molecule has 0 bridgehead atoms. The van der Waals surface area contributed by atoms with E-state index in [1.54, 1.807) is 0 Å². The number of nitrogens with one attached hydrogen (secondary N) is 1. The Kier molecular flexibility index (Phi) is 1.27. The van der Waals surface area contributed by atoms with Crippen LogP contribution >= 0.6 is 0 Å². The lowest BCUT2D eigenvalue weighted by atomic mass is 10.2. The minimum Gasteiger partial charge on any atom is -0.296 e. The van der Waals surface area contributed by atoms with Gasteiger partial charge in [-0.15, -0.1) is 0 Å². The molecule has 1 aliphatic heterocycles. The minimum atomic E-state index is 0.356. The van der Waals surface area contributed by atoms with E-state index in [4.69, 9.17) is 5.84 Å². The van der Waals surface area contributed by atoms with Gasteiger partial charge >= 0.3 is 0 Å². The largest absolute Gasteiger partial charge is 0.296 e. The van der Waals surface area contributed by atoms with Gasteiger partial charge in [-0.3, -0.25) is 16.2 Å². The van der Waals surface area contributed by atoms with E-state index in [9.17, 15) is 0 Å². The molecule has 3 heteroatoms. The summed E-state index contributed by atoms with van der Waals surface area (Å²) in [7, 11) is 2.09. The Labute approximate surface area is 49.8 Å². The average molecular weight is 115 g/mol. The first-order valence-electron chi connectivity index (χ1n) is 2.84. The molecule has 0 saturated carbocycles. The number of rotatable bonds is 2. The average Bonchev–Trinajstić information content (AvgIpc) is 2.16. The third kappa shape index (κ3) is 0.844. The fourth-order valence-electron chi connectivity index (χ4n) is 0.886. The van der Waals surface area contributed by atoms with Crippen molar-refractivity contribution in [2.45, 2.75) is 12.5 Å². The summed E-state index contributed by atoms with van der Waals surface area (Å²) in [6.45, 7) is 4.24. The van der Waals surface area contributed by atoms with Crippen molar-refractivity contribution in [2.75, 3.05) is 20.1 Å². The lowest BCUT2D eigenvalue weighted by molar-refractivity contribution is 0.466. The normalized spacial score (nSPS) is 44.6. The maximum atomic E-state index is 5.14. The lowest BCUT2D eigenvalue weighted by Crippen LogP contribution is -2.34. The molecule has 0 aromatic heterocycles. The van der Waals surface area contributed by atoms with Gasteiger partial charge in [0.05, 0.1) is 0 Å². The fraction of sp³-hybridized carbons (Fsp3) is 1.00. The van der Waals surface area contributed by atoms with Crippen LogP contribution in [0.4, 0.5) is 0 Å². The van der Waals surface area contributed by atoms with Crippen LogP contribution in [0.15, 0.2) is 0 Å². The van der Waals surface area contributed by atoms with E-state index in [1.807, 2.05) is 0 Å². The van der Waals surface area contributed by atoms with Gasteiger partial charge < -0.3 is 0 Å². The Morgan fingerprint density at radius 3 is 2.50 bits per heavy atom. The van der Waals surface area contributed by atoms with Crippen LogP contribution in [-0.4, -0.2) is 30.6 Å². The number of hydrazine groups is 1. The fourth-order valence-corrected chi connectivity index (χ4v) is 0.886. The molecule has 0 spiro atoms. The van der Waals surface area contributed by atoms with Crippen LogP contribution in [0.5, 0.6) is 0 Å². The van der Waals surface area contributed by atoms with E-state index in [2.05, 4.69) is 24.3 Å². The molecule has 1 aliphatic rings. The van der Waals surface area contributed by atoms with Gasteiger partial charge in [0.2, 0.25) is 0 Å². The minimum absolute atomic E-state index is 0.356. The zero-order valence-electron chi connectivity index (χ0n) is 5.44. The summed E-state index contributed by atoms with van der Waals surface area (Å²) in [5.74, 6) is 5.14. The summed E-state index contributed by atoms with van der Waals surface area (Å²) >= 11 is 0. The molecule has 1 unspecified atom stereocenters. The molecule has 0 aliphatic carbocycles. The molecule has 2 atom stereocenters. The predicted octanol–water partition coefficient (Wildman–Crippen LogP) is -0.846. The van der Waals surface area contributed by atoms with Gasteiger partial charge in [0.1, 0.15) is 0 Å². The third-order valence-electron chi connectivity index (χ3n) is 1.88. The molecule has 0 aromatic rings. The van der Waals surface area contributed by atoms with E-state index >= 15 is 0 Å². The van der Waals surface area contributed by atoms with Crippen molar-refractivity contribution in [1.29, 1.82) is 0 Å². The number of hydrogen-bond donors (Lipinski definition) is 2. The van der Waals surface area contributed by atoms with Crippen molar-refractivity contribution in [2.24, 2.45) is 5.84 Å². The Balaban J connectivity index is 2.25. The van der Waals surface area contributed by atoms with E-state index in [0.717, 1.165) is 13.1 Å². The quantitative estimate of drug-likeness (QED) is 0.280. The number of likely N-dealkylation sites (N-methyl/N-ethyl adjacent to an activating group) is 1. The van der Waals surface area contributed by atoms with Crippen LogP contribution in [0.1, 0.15) is 6.92 Å². The summed E-state index contributed by atoms with van der Waals surface area (Å²) in [6.07, 6.45) is 0. The summed E-state index contributed by atoms with van der Waals surface area (Å²) in [5.41, 5.74) is 3.01. The molecule has 3 nitrogen and oxygen atoms in total. The summed E-state index contributed by atoms with van der Waals surface area (Å²) in [4.78, 5) is 2.26. The second kappa shape index (κ2) is 1.69. The van der Waals surface area contributed by atoms with Crippen molar-refractivity contribution in [3.05, 3.63) is 0 Å². The molecule has 3 N–H and O–H groups in total. The van der Waals surface area contributed by atoms with Crippen molar-refractivity contribution < 1.29 is 0 Å². The highest BCUT2D eigenvalue weighted by Gasteiger charge is 2.43. The molecular formula is C5H13N3. The monoisotopic (exact) mass is 115 g/mol. The van der Waals surface area contributed by atoms with Crippen LogP contribution in [0.2, 0.25) is 0 Å². The predicted molar refractivity (Wildman–Crippen MR) is 33.2 cm³/mol. The van der Waals surface area contributed by atoms with Crippen LogP contribution in [0, 0.1) is 0 Å². The Hall–Kier alpha value is -0.120. The zero-order chi connectivity index (χ0) is 6.20. The van der Waals surface area contributed by atoms with Crippen LogP contribution in [0.25, 0.3) is 0 Å². The topological polar surface area (TPSA) is 41.1 Å². The van der Waals surface area contributed by atoms with Gasteiger partial charge in [0.25, 0.3) is 0 Å². The van der Waals surface area contributed by atoms with Gasteiger partial charge in [0.15, 0.2) is 0 Å². The third-order valence-corrected chi connectivity index (χ3v) is 1.88. The van der Waals surface area contributed by atoms with E-state index in [0.29, 0.717) is 5.54 Å². The molecule has 0 amide bonds. The summed E-state index contributed by atoms with van der Waals surface area (Å²) in [5, 5.41) is 0. The smallest absolute Gasteiger partial charge is 0.0444 e. The Morgan fingerprint density at radius 1 is 1.88 bits per heavy atom. The number of nitrogens with zero attached hydrogens (tertiary/aromatic N) is 1. The standard InChI is InChI=1S/C5H13N3/c1-5(3-7-6)4-8(5)2/h7H,3-4,6H2,1-2H3/t5-,8?/m1/s1. The lowest BCUT2D eigenvalue weighted by Gasteiger charge is -2.06. The summed E-state index contributed by atoms with van der Waals surface area (Å²) in [6, 6.07) is 0. The van der Waals surface area contributed by atoms with Crippen molar-refractivity contribution in [1.82, 2.24) is 10.3 Å². The van der Waals surface area contributed by atoms with Gasteiger partial charge in [-0.2, -0.15) is 0 Å². The van der Waals surface area contributed by atoms with Crippen molar-refractivity contribution in [3.63, 3.8) is 0 Å². The number of hydrogen-bond acceptors (Lipinski definition) is 3. The van der Waals surface area contributed by atoms with Gasteiger partial charge in [0, 0.05) is 18.6 Å². The van der Waals surface area contributed by atoms with Gasteiger partial charge in [-0.25, -0.2) is 0 Å². The molecule has 0 aromatic carbocycles. The van der Waals surface area contributed by atoms with Crippen molar-refractivity contribution >= 4 is 0 Å². The molecule has 0 radical (unpaired) electrons. The van der Waals surface area contributed by atoms with Gasteiger partial charge in [-0.1, -0.05) is 0 Å². The first-order chi connectivity index (χ1) is 3.69. The van der Waals surface area contributed by atoms with Crippen LogP contribution in [-0.2, 0) is 0 Å². The molecular weight excluding hydrogens is 102 g/mol. The molecule has 1 rings (SSSR count). The van der Waals surface area contributed by atoms with Gasteiger partial charge in [-0.05, 0) is 14.0 Å². The Morgan fingerprint density at radius 2 is 2.38 bits per heavy atom. The van der Waals surface area contributed by atoms with E-state index in [-0.39, 0.29) is 0 Å². The highest BCUT2D eigenvalue weighted by atomic mass is 15.4. The molecule has 1 heterocycles. The molecule has 1 fully saturated rings. The number of nitrogens with two attached hydrogens (primary N) is 1. The maximum Gasteiger partial charge on any atom is 0.0444 e. The summed E-state index contributed by atoms with van der Waals surface area (Å²) < 4.78 is 0. The molecule has 1 saturated heterocycles. The first kappa shape index (κ1) is 6.01. The van der Waals surface area contributed by atoms with Crippen LogP contribution < -0.4 is 11.3 Å². The Bertz CT molecular complexity index is 93.7. The highest BCUT2D eigenvalue weighted by molar-refractivity contribution is 5.02. The highest BCUT2D eigenvalue weighted by Crippen LogP contribution is 2.27. The maximum absolute atomic E-state index is 5.14. The molecule has 48 valence electrons. The SMILES string of the molecule is CN1C[C@@]1(C)CNN. The van der Waals surface area contributed by atoms with E-state index < -0.39 is 0 Å². The zero-order valence-corrected chi connectivity index (χ0v) is 5.44. The molecule has 8 heavy (non-hydrogen) atoms. The van der Waals surface area contributed by atoms with E-state index in [1.165, 1.54) is 0 Å². The second-order valence-electron chi connectivity index (χ2n) is 2.73. The second-order valence-corrected chi connectivity index (χ2v) is 2.73.